The van der Waals surface area contributed by atoms with Gasteiger partial charge in [0.15, 0.2) is 0 Å². The van der Waals surface area contributed by atoms with Crippen molar-refractivity contribution in [3.8, 4) is 0 Å². The number of phosphoric acid groups is 1. The summed E-state index contributed by atoms with van der Waals surface area (Å²) >= 11 is 0. The molecular weight excluding hydrogens is 673 g/mol. The van der Waals surface area contributed by atoms with Crippen molar-refractivity contribution < 1.29 is 32.8 Å². The lowest BCUT2D eigenvalue weighted by atomic mass is 10.1. The number of hydrogen-bond acceptors (Lipinski definition) is 7. The second-order valence-electron chi connectivity index (χ2n) is 14.2. The minimum atomic E-state index is -4.28. The van der Waals surface area contributed by atoms with E-state index in [1.54, 1.807) is 0 Å². The van der Waals surface area contributed by atoms with Gasteiger partial charge < -0.3 is 20.1 Å². The quantitative estimate of drug-likeness (QED) is 0.0274. The molecule has 52 heavy (non-hydrogen) atoms. The summed E-state index contributed by atoms with van der Waals surface area (Å²) in [6, 6.07) is 0. The second kappa shape index (κ2) is 40.9. The van der Waals surface area contributed by atoms with Crippen molar-refractivity contribution in [1.82, 2.24) is 0 Å². The normalized spacial score (nSPS) is 13.8. The number of carbonyl (C=O) groups is 1. The molecule has 0 aromatic heterocycles. The molecule has 9 heteroatoms. The van der Waals surface area contributed by atoms with Crippen molar-refractivity contribution in [2.24, 2.45) is 5.73 Å². The highest BCUT2D eigenvalue weighted by Gasteiger charge is 2.25. The van der Waals surface area contributed by atoms with Crippen LogP contribution in [0.5, 0.6) is 0 Å². The van der Waals surface area contributed by atoms with Gasteiger partial charge in [-0.15, -0.1) is 0 Å². The number of hydrogen-bond donors (Lipinski definition) is 2. The lowest BCUT2D eigenvalue weighted by Crippen LogP contribution is -2.28. The molecule has 0 fully saturated rings. The Balaban J connectivity index is 4.05. The van der Waals surface area contributed by atoms with E-state index in [2.05, 4.69) is 50.3 Å². The smallest absolute Gasteiger partial charge is 0.457 e. The molecule has 0 aromatic carbocycles. The van der Waals surface area contributed by atoms with Crippen LogP contribution < -0.4 is 5.73 Å². The molecule has 2 unspecified atom stereocenters. The van der Waals surface area contributed by atoms with E-state index < -0.39 is 13.9 Å². The Morgan fingerprint density at radius 2 is 1.02 bits per heavy atom. The molecule has 0 aliphatic rings. The topological polar surface area (TPSA) is 117 Å². The molecule has 0 bridgehead atoms. The first kappa shape index (κ1) is 50.7. The number of phosphoric ester groups is 1. The fourth-order valence-electron chi connectivity index (χ4n) is 5.84. The average molecular weight is 756 g/mol. The Labute approximate surface area is 320 Å². The largest absolute Gasteiger partial charge is 0.472 e. The van der Waals surface area contributed by atoms with Gasteiger partial charge in [-0.1, -0.05) is 153 Å². The van der Waals surface area contributed by atoms with Gasteiger partial charge in [0.05, 0.1) is 19.8 Å². The zero-order valence-corrected chi connectivity index (χ0v) is 34.7. The number of rotatable bonds is 41. The van der Waals surface area contributed by atoms with Crippen LogP contribution in [0.1, 0.15) is 194 Å². The van der Waals surface area contributed by atoms with Crippen LogP contribution in [0, 0.1) is 0 Å². The van der Waals surface area contributed by atoms with Crippen molar-refractivity contribution in [3.05, 3.63) is 36.5 Å². The summed E-state index contributed by atoms with van der Waals surface area (Å²) in [5.74, 6) is -0.341. The van der Waals surface area contributed by atoms with E-state index in [0.717, 1.165) is 51.4 Å². The van der Waals surface area contributed by atoms with Crippen molar-refractivity contribution in [2.45, 2.75) is 200 Å². The number of esters is 1. The molecule has 0 amide bonds. The van der Waals surface area contributed by atoms with Crippen molar-refractivity contribution >= 4 is 13.8 Å². The van der Waals surface area contributed by atoms with E-state index >= 15 is 0 Å². The maximum Gasteiger partial charge on any atom is 0.472 e. The maximum atomic E-state index is 12.6. The van der Waals surface area contributed by atoms with Crippen molar-refractivity contribution in [1.29, 1.82) is 0 Å². The van der Waals surface area contributed by atoms with Gasteiger partial charge in [-0.2, -0.15) is 0 Å². The van der Waals surface area contributed by atoms with Gasteiger partial charge in [-0.25, -0.2) is 4.57 Å². The molecule has 0 aromatic rings. The van der Waals surface area contributed by atoms with Gasteiger partial charge in [0.1, 0.15) is 6.10 Å². The fraction of sp³-hybridized carbons (Fsp3) is 0.837. The molecule has 0 aliphatic heterocycles. The molecule has 0 radical (unpaired) electrons. The van der Waals surface area contributed by atoms with Crippen LogP contribution >= 0.6 is 7.82 Å². The van der Waals surface area contributed by atoms with E-state index in [1.165, 1.54) is 122 Å². The molecule has 0 saturated heterocycles. The number of allylic oxidation sites excluding steroid dienone is 6. The third kappa shape index (κ3) is 39.9. The molecular formula is C43H82NO7P. The van der Waals surface area contributed by atoms with Gasteiger partial charge in [0.2, 0.25) is 0 Å². The number of nitrogens with two attached hydrogens (primary N) is 1. The van der Waals surface area contributed by atoms with Gasteiger partial charge in [0, 0.05) is 19.6 Å². The third-order valence-corrected chi connectivity index (χ3v) is 10.0. The average Bonchev–Trinajstić information content (AvgIpc) is 3.13. The highest BCUT2D eigenvalue weighted by Crippen LogP contribution is 2.43. The van der Waals surface area contributed by atoms with E-state index in [9.17, 15) is 14.3 Å². The number of carbonyl (C=O) groups excluding carboxylic acids is 1. The van der Waals surface area contributed by atoms with Crippen LogP contribution in [-0.2, 0) is 27.9 Å². The number of unbranched alkanes of at least 4 members (excludes halogenated alkanes) is 22. The summed E-state index contributed by atoms with van der Waals surface area (Å²) < 4.78 is 33.4. The Hall–Kier alpha value is -1.28. The zero-order valence-electron chi connectivity index (χ0n) is 33.8. The highest BCUT2D eigenvalue weighted by molar-refractivity contribution is 7.47. The summed E-state index contributed by atoms with van der Waals surface area (Å²) in [6.07, 6.45) is 45.8. The minimum Gasteiger partial charge on any atom is -0.457 e. The molecule has 306 valence electrons. The van der Waals surface area contributed by atoms with E-state index in [0.29, 0.717) is 13.0 Å². The van der Waals surface area contributed by atoms with E-state index in [-0.39, 0.29) is 32.3 Å². The predicted octanol–water partition coefficient (Wildman–Crippen LogP) is 12.6. The lowest BCUT2D eigenvalue weighted by molar-refractivity contribution is -0.154. The lowest BCUT2D eigenvalue weighted by Gasteiger charge is -2.20. The van der Waals surface area contributed by atoms with Crippen LogP contribution in [0.2, 0.25) is 0 Å². The standard InChI is InChI=1S/C43H82NO7P/c1-3-5-7-9-11-13-15-17-19-20-21-23-25-27-29-31-33-35-38-48-40-42(41-50-52(46,47)49-39-37-44)51-43(45)36-34-32-30-28-26-24-22-18-16-14-12-10-8-6-4-2/h11,13,17-19,22,42H,3-10,12,14-16,20-21,23-41,44H2,1-2H3,(H,46,47)/b13-11-,19-17-,22-18-. The van der Waals surface area contributed by atoms with Crippen LogP contribution in [0.25, 0.3) is 0 Å². The van der Waals surface area contributed by atoms with Crippen LogP contribution in [0.15, 0.2) is 36.5 Å². The molecule has 0 rings (SSSR count). The van der Waals surface area contributed by atoms with Crippen molar-refractivity contribution in [3.63, 3.8) is 0 Å². The molecule has 0 saturated carbocycles. The van der Waals surface area contributed by atoms with Crippen molar-refractivity contribution in [2.75, 3.05) is 33.0 Å². The Morgan fingerprint density at radius 3 is 1.56 bits per heavy atom. The highest BCUT2D eigenvalue weighted by atomic mass is 31.2. The summed E-state index contributed by atoms with van der Waals surface area (Å²) in [7, 11) is -4.28. The summed E-state index contributed by atoms with van der Waals surface area (Å²) in [5.41, 5.74) is 5.37. The summed E-state index contributed by atoms with van der Waals surface area (Å²) in [5, 5.41) is 0. The zero-order chi connectivity index (χ0) is 38.1. The van der Waals surface area contributed by atoms with Gasteiger partial charge >= 0.3 is 13.8 Å². The summed E-state index contributed by atoms with van der Waals surface area (Å²) in [6.45, 7) is 4.88. The SMILES string of the molecule is CCCCC/C=C\C/C=C\CCCCCCCCCCOCC(COP(=O)(O)OCCN)OC(=O)CCCCCCC/C=C\CCCCCCCC. The molecule has 8 nitrogen and oxygen atoms in total. The molecule has 0 spiro atoms. The van der Waals surface area contributed by atoms with Crippen LogP contribution in [-0.4, -0.2) is 49.9 Å². The first-order chi connectivity index (χ1) is 25.4. The number of ether oxygens (including phenoxy) is 2. The molecule has 3 N–H and O–H groups in total. The van der Waals surface area contributed by atoms with Gasteiger partial charge in [0.25, 0.3) is 0 Å². The molecule has 0 aliphatic carbocycles. The second-order valence-corrected chi connectivity index (χ2v) is 15.7. The first-order valence-corrected chi connectivity index (χ1v) is 23.0. The maximum absolute atomic E-state index is 12.6. The monoisotopic (exact) mass is 756 g/mol. The van der Waals surface area contributed by atoms with Gasteiger partial charge in [-0.05, 0) is 70.6 Å². The fourth-order valence-corrected chi connectivity index (χ4v) is 6.61. The Bertz CT molecular complexity index is 895. The predicted molar refractivity (Wildman–Crippen MR) is 220 cm³/mol. The van der Waals surface area contributed by atoms with E-state index in [1.807, 2.05) is 0 Å². The Morgan fingerprint density at radius 1 is 0.577 bits per heavy atom. The van der Waals surface area contributed by atoms with Gasteiger partial charge in [-0.3, -0.25) is 13.8 Å². The molecule has 2 atom stereocenters. The first-order valence-electron chi connectivity index (χ1n) is 21.5. The summed E-state index contributed by atoms with van der Waals surface area (Å²) in [4.78, 5) is 22.5. The van der Waals surface area contributed by atoms with Crippen LogP contribution in [0.4, 0.5) is 0 Å². The Kier molecular flexibility index (Phi) is 39.9. The molecule has 0 heterocycles. The third-order valence-electron chi connectivity index (χ3n) is 9.03. The minimum absolute atomic E-state index is 0.0978. The van der Waals surface area contributed by atoms with Crippen LogP contribution in [0.3, 0.4) is 0 Å². The van der Waals surface area contributed by atoms with E-state index in [4.69, 9.17) is 24.3 Å².